The van der Waals surface area contributed by atoms with Crippen LogP contribution in [0.2, 0.25) is 5.02 Å². The fraction of sp³-hybridized carbons (Fsp3) is 0.400. The van der Waals surface area contributed by atoms with Crippen LogP contribution in [0.4, 0.5) is 11.5 Å². The number of carbonyl (C=O) groups excluding carboxylic acids is 1. The molecule has 0 aliphatic rings. The molecule has 1 amide bonds. The van der Waals surface area contributed by atoms with Crippen molar-refractivity contribution in [1.29, 1.82) is 0 Å². The number of aromatic nitrogens is 1. The van der Waals surface area contributed by atoms with E-state index in [1.807, 2.05) is 6.92 Å². The number of rotatable bonds is 4. The predicted molar refractivity (Wildman–Crippen MR) is 65.6 cm³/mol. The van der Waals surface area contributed by atoms with E-state index in [9.17, 15) is 4.79 Å². The molecule has 0 aliphatic heterocycles. The Hall–Kier alpha value is -1.49. The van der Waals surface area contributed by atoms with Crippen molar-refractivity contribution in [3.63, 3.8) is 0 Å². The molecule has 0 aromatic carbocycles. The summed E-state index contributed by atoms with van der Waals surface area (Å²) in [7, 11) is 1.59. The monoisotopic (exact) mass is 242 g/mol. The fourth-order valence-corrected chi connectivity index (χ4v) is 1.47. The smallest absolute Gasteiger partial charge is 0.239 e. The molecule has 0 saturated heterocycles. The first kappa shape index (κ1) is 12.6. The largest absolute Gasteiger partial charge is 0.396 e. The van der Waals surface area contributed by atoms with Gasteiger partial charge in [-0.1, -0.05) is 11.6 Å². The minimum absolute atomic E-state index is 0.0852. The number of likely N-dealkylation sites (N-methyl/N-ethyl adjacent to an activating group) is 2. The minimum atomic E-state index is -0.0852. The lowest BCUT2D eigenvalue weighted by molar-refractivity contribution is -0.119. The minimum Gasteiger partial charge on any atom is -0.396 e. The van der Waals surface area contributed by atoms with Crippen LogP contribution in [0.5, 0.6) is 0 Å². The molecule has 16 heavy (non-hydrogen) atoms. The number of nitrogens with one attached hydrogen (secondary N) is 1. The van der Waals surface area contributed by atoms with Crippen LogP contribution in [-0.4, -0.2) is 31.0 Å². The average molecular weight is 243 g/mol. The molecule has 0 aliphatic carbocycles. The van der Waals surface area contributed by atoms with Gasteiger partial charge in [0.1, 0.15) is 0 Å². The molecule has 0 unspecified atom stereocenters. The zero-order valence-corrected chi connectivity index (χ0v) is 10.1. The second kappa shape index (κ2) is 5.55. The van der Waals surface area contributed by atoms with Crippen LogP contribution >= 0.6 is 11.6 Å². The molecule has 0 fully saturated rings. The zero-order valence-electron chi connectivity index (χ0n) is 9.33. The summed E-state index contributed by atoms with van der Waals surface area (Å²) >= 11 is 5.76. The lowest BCUT2D eigenvalue weighted by Gasteiger charge is -2.22. The van der Waals surface area contributed by atoms with Gasteiger partial charge in [0.05, 0.1) is 17.3 Å². The van der Waals surface area contributed by atoms with E-state index in [-0.39, 0.29) is 12.5 Å². The maximum atomic E-state index is 11.3. The summed E-state index contributed by atoms with van der Waals surface area (Å²) in [6, 6.07) is 1.62. The number of nitrogens with two attached hydrogens (primary N) is 1. The second-order valence-corrected chi connectivity index (χ2v) is 3.69. The highest BCUT2D eigenvalue weighted by Crippen LogP contribution is 2.22. The molecule has 0 saturated carbocycles. The highest BCUT2D eigenvalue weighted by Gasteiger charge is 2.13. The van der Waals surface area contributed by atoms with Gasteiger partial charge >= 0.3 is 0 Å². The first-order chi connectivity index (χ1) is 7.58. The topological polar surface area (TPSA) is 71.2 Å². The summed E-state index contributed by atoms with van der Waals surface area (Å²) in [6.07, 6.45) is 1.51. The van der Waals surface area contributed by atoms with Crippen molar-refractivity contribution in [2.45, 2.75) is 6.92 Å². The number of carbonyl (C=O) groups is 1. The van der Waals surface area contributed by atoms with Gasteiger partial charge in [-0.2, -0.15) is 0 Å². The third-order valence-corrected chi connectivity index (χ3v) is 2.36. The van der Waals surface area contributed by atoms with Crippen LogP contribution in [0, 0.1) is 0 Å². The number of halogens is 1. The van der Waals surface area contributed by atoms with E-state index < -0.39 is 0 Å². The van der Waals surface area contributed by atoms with Crippen molar-refractivity contribution in [3.05, 3.63) is 17.3 Å². The van der Waals surface area contributed by atoms with Crippen molar-refractivity contribution in [2.24, 2.45) is 0 Å². The highest BCUT2D eigenvalue weighted by atomic mass is 35.5. The van der Waals surface area contributed by atoms with Crippen LogP contribution in [0.15, 0.2) is 12.3 Å². The number of anilines is 2. The normalized spacial score (nSPS) is 9.94. The van der Waals surface area contributed by atoms with Gasteiger partial charge in [0.15, 0.2) is 5.82 Å². The molecule has 1 rings (SSSR count). The van der Waals surface area contributed by atoms with Crippen LogP contribution in [-0.2, 0) is 4.79 Å². The van der Waals surface area contributed by atoms with Gasteiger partial charge in [-0.25, -0.2) is 4.98 Å². The predicted octanol–water partition coefficient (Wildman–Crippen LogP) is 0.890. The van der Waals surface area contributed by atoms with Crippen LogP contribution < -0.4 is 16.0 Å². The van der Waals surface area contributed by atoms with E-state index in [4.69, 9.17) is 17.3 Å². The van der Waals surface area contributed by atoms with E-state index in [1.165, 1.54) is 6.20 Å². The van der Waals surface area contributed by atoms with E-state index in [0.29, 0.717) is 23.1 Å². The van der Waals surface area contributed by atoms with Crippen LogP contribution in [0.1, 0.15) is 6.92 Å². The Morgan fingerprint density at radius 2 is 2.38 bits per heavy atom. The standard InChI is InChI=1S/C10H15ClN4O/c1-3-15(6-9(16)13-2)10-8(12)4-7(11)5-14-10/h4-5H,3,6,12H2,1-2H3,(H,13,16). The summed E-state index contributed by atoms with van der Waals surface area (Å²) in [5, 5.41) is 3.04. The number of pyridine rings is 1. The van der Waals surface area contributed by atoms with Gasteiger partial charge < -0.3 is 16.0 Å². The average Bonchev–Trinajstić information content (AvgIpc) is 2.26. The number of nitrogens with zero attached hydrogens (tertiary/aromatic N) is 2. The van der Waals surface area contributed by atoms with Gasteiger partial charge in [-0.3, -0.25) is 4.79 Å². The Morgan fingerprint density at radius 1 is 1.69 bits per heavy atom. The summed E-state index contributed by atoms with van der Waals surface area (Å²) in [5.74, 6) is 0.494. The summed E-state index contributed by atoms with van der Waals surface area (Å²) in [5.41, 5.74) is 6.27. The maximum absolute atomic E-state index is 11.3. The van der Waals surface area contributed by atoms with E-state index in [0.717, 1.165) is 0 Å². The first-order valence-corrected chi connectivity index (χ1v) is 5.32. The molecule has 1 aromatic rings. The maximum Gasteiger partial charge on any atom is 0.239 e. The molecule has 5 nitrogen and oxygen atoms in total. The van der Waals surface area contributed by atoms with E-state index >= 15 is 0 Å². The molecule has 0 bridgehead atoms. The molecule has 0 spiro atoms. The van der Waals surface area contributed by atoms with Gasteiger partial charge in [0.25, 0.3) is 0 Å². The molecule has 1 heterocycles. The Balaban J connectivity index is 2.90. The molecular weight excluding hydrogens is 228 g/mol. The van der Waals surface area contributed by atoms with Crippen LogP contribution in [0.25, 0.3) is 0 Å². The molecule has 88 valence electrons. The molecular formula is C10H15ClN4O. The van der Waals surface area contributed by atoms with E-state index in [2.05, 4.69) is 10.3 Å². The third-order valence-electron chi connectivity index (χ3n) is 2.16. The summed E-state index contributed by atoms with van der Waals surface area (Å²) in [6.45, 7) is 2.80. The van der Waals surface area contributed by atoms with E-state index in [1.54, 1.807) is 18.0 Å². The third kappa shape index (κ3) is 3.00. The van der Waals surface area contributed by atoms with Crippen molar-refractivity contribution in [2.75, 3.05) is 30.8 Å². The molecule has 0 radical (unpaired) electrons. The Kier molecular flexibility index (Phi) is 4.37. The SMILES string of the molecule is CCN(CC(=O)NC)c1ncc(Cl)cc1N. The lowest BCUT2D eigenvalue weighted by Crippen LogP contribution is -2.36. The molecule has 6 heteroatoms. The van der Waals surface area contributed by atoms with Crippen LogP contribution in [0.3, 0.4) is 0 Å². The van der Waals surface area contributed by atoms with Crippen molar-refractivity contribution < 1.29 is 4.79 Å². The van der Waals surface area contributed by atoms with Crippen molar-refractivity contribution in [3.8, 4) is 0 Å². The van der Waals surface area contributed by atoms with Gasteiger partial charge in [-0.05, 0) is 13.0 Å². The lowest BCUT2D eigenvalue weighted by atomic mass is 10.3. The first-order valence-electron chi connectivity index (χ1n) is 4.95. The molecule has 0 atom stereocenters. The van der Waals surface area contributed by atoms with Crippen molar-refractivity contribution in [1.82, 2.24) is 10.3 Å². The molecule has 1 aromatic heterocycles. The highest BCUT2D eigenvalue weighted by molar-refractivity contribution is 6.30. The number of amides is 1. The number of hydrogen-bond donors (Lipinski definition) is 2. The Morgan fingerprint density at radius 3 is 2.88 bits per heavy atom. The summed E-state index contributed by atoms with van der Waals surface area (Å²) in [4.78, 5) is 17.2. The van der Waals surface area contributed by atoms with Gasteiger partial charge in [0, 0.05) is 19.8 Å². The quantitative estimate of drug-likeness (QED) is 0.823. The van der Waals surface area contributed by atoms with Gasteiger partial charge in [0.2, 0.25) is 5.91 Å². The Labute approximate surface area is 99.6 Å². The zero-order chi connectivity index (χ0) is 12.1. The molecule has 3 N–H and O–H groups in total. The van der Waals surface area contributed by atoms with Gasteiger partial charge in [-0.15, -0.1) is 0 Å². The number of nitrogen functional groups attached to an aromatic ring is 1. The number of hydrogen-bond acceptors (Lipinski definition) is 4. The summed E-state index contributed by atoms with van der Waals surface area (Å²) < 4.78 is 0. The fourth-order valence-electron chi connectivity index (χ4n) is 1.30. The second-order valence-electron chi connectivity index (χ2n) is 3.25. The van der Waals surface area contributed by atoms with Crippen molar-refractivity contribution >= 4 is 29.0 Å². The Bertz CT molecular complexity index is 383.